The van der Waals surface area contributed by atoms with Gasteiger partial charge in [0.15, 0.2) is 4.80 Å². The van der Waals surface area contributed by atoms with Crippen LogP contribution in [0.3, 0.4) is 0 Å². The van der Waals surface area contributed by atoms with E-state index in [-0.39, 0.29) is 11.3 Å². The van der Waals surface area contributed by atoms with Crippen LogP contribution in [0, 0.1) is 15.9 Å². The van der Waals surface area contributed by atoms with Gasteiger partial charge in [-0.15, -0.1) is 0 Å². The first-order chi connectivity index (χ1) is 11.0. The number of benzene rings is 2. The quantitative estimate of drug-likeness (QED) is 0.535. The highest BCUT2D eigenvalue weighted by atomic mass is 32.1. The van der Waals surface area contributed by atoms with E-state index in [1.54, 1.807) is 19.2 Å². The van der Waals surface area contributed by atoms with Crippen molar-refractivity contribution in [3.8, 4) is 0 Å². The van der Waals surface area contributed by atoms with Crippen LogP contribution in [-0.2, 0) is 7.05 Å². The summed E-state index contributed by atoms with van der Waals surface area (Å²) in [5, 5.41) is 10.8. The Kier molecular flexibility index (Phi) is 3.75. The lowest BCUT2D eigenvalue weighted by atomic mass is 10.2. The molecule has 2 aromatic carbocycles. The number of hydrogen-bond donors (Lipinski definition) is 0. The summed E-state index contributed by atoms with van der Waals surface area (Å²) in [6, 6.07) is 9.99. The topological polar surface area (TPSA) is 77.5 Å². The van der Waals surface area contributed by atoms with Crippen molar-refractivity contribution in [3.05, 3.63) is 68.8 Å². The predicted molar refractivity (Wildman–Crippen MR) is 83.7 cm³/mol. The number of aryl methyl sites for hydroxylation is 1. The van der Waals surface area contributed by atoms with Crippen molar-refractivity contribution < 1.29 is 14.1 Å². The Morgan fingerprint density at radius 1 is 1.30 bits per heavy atom. The molecule has 0 N–H and O–H groups in total. The number of amides is 1. The molecule has 0 atom stereocenters. The van der Waals surface area contributed by atoms with Gasteiger partial charge in [-0.25, -0.2) is 4.39 Å². The van der Waals surface area contributed by atoms with Crippen LogP contribution in [-0.4, -0.2) is 15.4 Å². The lowest BCUT2D eigenvalue weighted by Gasteiger charge is -1.97. The fourth-order valence-electron chi connectivity index (χ4n) is 2.17. The molecule has 0 fully saturated rings. The van der Waals surface area contributed by atoms with Crippen LogP contribution >= 0.6 is 11.3 Å². The molecule has 1 amide bonds. The Bertz CT molecular complexity index is 1010. The van der Waals surface area contributed by atoms with Gasteiger partial charge in [0, 0.05) is 24.7 Å². The van der Waals surface area contributed by atoms with Gasteiger partial charge >= 0.3 is 0 Å². The minimum atomic E-state index is -0.615. The first-order valence-electron chi connectivity index (χ1n) is 6.55. The molecule has 0 spiro atoms. The maximum atomic E-state index is 13.8. The largest absolute Gasteiger partial charge is 0.317 e. The third kappa shape index (κ3) is 2.76. The number of aromatic nitrogens is 1. The number of thiazole rings is 1. The number of para-hydroxylation sites is 1. The van der Waals surface area contributed by atoms with Crippen LogP contribution in [0.4, 0.5) is 10.1 Å². The zero-order chi connectivity index (χ0) is 16.6. The number of fused-ring (bicyclic) bond motifs is 1. The minimum Gasteiger partial charge on any atom is -0.317 e. The summed E-state index contributed by atoms with van der Waals surface area (Å²) >= 11 is 1.17. The van der Waals surface area contributed by atoms with Crippen LogP contribution in [0.25, 0.3) is 10.2 Å². The normalized spacial score (nSPS) is 11.8. The summed E-state index contributed by atoms with van der Waals surface area (Å²) in [4.78, 5) is 26.7. The number of non-ortho nitro benzene ring substituents is 1. The molecule has 23 heavy (non-hydrogen) atoms. The number of hydrogen-bond acceptors (Lipinski definition) is 4. The molecular weight excluding hydrogens is 321 g/mol. The second-order valence-corrected chi connectivity index (χ2v) is 5.76. The number of halogens is 1. The fourth-order valence-corrected chi connectivity index (χ4v) is 3.20. The van der Waals surface area contributed by atoms with E-state index in [0.29, 0.717) is 15.0 Å². The molecule has 0 aliphatic carbocycles. The Hall–Kier alpha value is -2.87. The van der Waals surface area contributed by atoms with E-state index in [2.05, 4.69) is 4.99 Å². The van der Waals surface area contributed by atoms with Crippen molar-refractivity contribution in [2.75, 3.05) is 0 Å². The van der Waals surface area contributed by atoms with E-state index in [9.17, 15) is 19.3 Å². The summed E-state index contributed by atoms with van der Waals surface area (Å²) in [7, 11) is 1.61. The Morgan fingerprint density at radius 2 is 2.04 bits per heavy atom. The number of nitro groups is 1. The van der Waals surface area contributed by atoms with Gasteiger partial charge in [-0.1, -0.05) is 23.5 Å². The Labute approximate surface area is 133 Å². The third-order valence-corrected chi connectivity index (χ3v) is 4.37. The lowest BCUT2D eigenvalue weighted by Crippen LogP contribution is -2.13. The summed E-state index contributed by atoms with van der Waals surface area (Å²) < 4.78 is 16.0. The van der Waals surface area contributed by atoms with Gasteiger partial charge in [0.25, 0.3) is 11.6 Å². The van der Waals surface area contributed by atoms with Gasteiger partial charge < -0.3 is 4.57 Å². The van der Waals surface area contributed by atoms with Crippen molar-refractivity contribution >= 4 is 33.1 Å². The molecule has 6 nitrogen and oxygen atoms in total. The zero-order valence-corrected chi connectivity index (χ0v) is 12.7. The van der Waals surface area contributed by atoms with Crippen LogP contribution in [0.5, 0.6) is 0 Å². The summed E-state index contributed by atoms with van der Waals surface area (Å²) in [5.41, 5.74) is 0.290. The fraction of sp³-hybridized carbons (Fsp3) is 0.0667. The predicted octanol–water partition coefficient (Wildman–Crippen LogP) is 3.03. The van der Waals surface area contributed by atoms with Crippen LogP contribution < -0.4 is 4.80 Å². The molecular formula is C15H10FN3O3S. The van der Waals surface area contributed by atoms with Gasteiger partial charge in [-0.3, -0.25) is 14.9 Å². The highest BCUT2D eigenvalue weighted by Gasteiger charge is 2.12. The van der Waals surface area contributed by atoms with Crippen molar-refractivity contribution in [2.24, 2.45) is 12.0 Å². The Balaban J connectivity index is 2.10. The lowest BCUT2D eigenvalue weighted by molar-refractivity contribution is -0.384. The maximum absolute atomic E-state index is 13.8. The summed E-state index contributed by atoms with van der Waals surface area (Å²) in [5.74, 6) is -1.01. The minimum absolute atomic E-state index is 0.108. The second-order valence-electron chi connectivity index (χ2n) is 4.75. The molecule has 3 aromatic rings. The summed E-state index contributed by atoms with van der Waals surface area (Å²) in [6.07, 6.45) is 0. The number of nitro benzene ring substituents is 1. The van der Waals surface area contributed by atoms with Gasteiger partial charge in [-0.2, -0.15) is 4.99 Å². The van der Waals surface area contributed by atoms with E-state index in [1.807, 2.05) is 0 Å². The van der Waals surface area contributed by atoms with Gasteiger partial charge in [0.2, 0.25) is 0 Å². The molecule has 3 rings (SSSR count). The highest BCUT2D eigenvalue weighted by molar-refractivity contribution is 7.16. The van der Waals surface area contributed by atoms with Gasteiger partial charge in [-0.05, 0) is 18.2 Å². The number of rotatable bonds is 2. The smallest absolute Gasteiger partial charge is 0.279 e. The zero-order valence-electron chi connectivity index (χ0n) is 11.9. The Morgan fingerprint density at radius 3 is 2.74 bits per heavy atom. The third-order valence-electron chi connectivity index (χ3n) is 3.27. The molecule has 0 aliphatic rings. The maximum Gasteiger partial charge on any atom is 0.279 e. The highest BCUT2D eigenvalue weighted by Crippen LogP contribution is 2.19. The first kappa shape index (κ1) is 15.0. The molecule has 116 valence electrons. The van der Waals surface area contributed by atoms with Crippen molar-refractivity contribution in [1.82, 2.24) is 4.57 Å². The average molecular weight is 331 g/mol. The molecule has 0 radical (unpaired) electrons. The molecule has 0 aliphatic heterocycles. The van der Waals surface area contributed by atoms with Crippen molar-refractivity contribution in [1.29, 1.82) is 0 Å². The van der Waals surface area contributed by atoms with E-state index in [1.165, 1.54) is 46.2 Å². The van der Waals surface area contributed by atoms with E-state index in [4.69, 9.17) is 0 Å². The number of carbonyl (C=O) groups is 1. The van der Waals surface area contributed by atoms with Gasteiger partial charge in [0.1, 0.15) is 5.82 Å². The molecule has 0 unspecified atom stereocenters. The first-order valence-corrected chi connectivity index (χ1v) is 7.36. The van der Waals surface area contributed by atoms with E-state index in [0.717, 1.165) is 0 Å². The van der Waals surface area contributed by atoms with Crippen LogP contribution in [0.1, 0.15) is 10.4 Å². The van der Waals surface area contributed by atoms with Crippen molar-refractivity contribution in [3.63, 3.8) is 0 Å². The van der Waals surface area contributed by atoms with Crippen molar-refractivity contribution in [2.45, 2.75) is 0 Å². The number of nitrogens with zero attached hydrogens (tertiary/aromatic N) is 3. The average Bonchev–Trinajstić information content (AvgIpc) is 2.85. The van der Waals surface area contributed by atoms with E-state index < -0.39 is 16.6 Å². The molecule has 0 bridgehead atoms. The monoisotopic (exact) mass is 331 g/mol. The van der Waals surface area contributed by atoms with Gasteiger partial charge in [0.05, 0.1) is 15.1 Å². The second kappa shape index (κ2) is 5.73. The molecule has 8 heteroatoms. The van der Waals surface area contributed by atoms with Crippen LogP contribution in [0.15, 0.2) is 47.5 Å². The number of carbonyl (C=O) groups excluding carboxylic acids is 1. The molecule has 1 heterocycles. The SMILES string of the molecule is Cn1c(=NC(=O)c2cccc([N+](=O)[O-])c2)sc2cccc(F)c21. The standard InChI is InChI=1S/C15H10FN3O3S/c1-18-13-11(16)6-3-7-12(13)23-15(18)17-14(20)9-4-2-5-10(8-9)19(21)22/h2-8H,1H3. The van der Waals surface area contributed by atoms with E-state index >= 15 is 0 Å². The molecule has 0 saturated heterocycles. The molecule has 1 aromatic heterocycles. The molecule has 0 saturated carbocycles. The van der Waals surface area contributed by atoms with Crippen LogP contribution in [0.2, 0.25) is 0 Å². The summed E-state index contributed by atoms with van der Waals surface area (Å²) in [6.45, 7) is 0.